The van der Waals surface area contributed by atoms with E-state index < -0.39 is 0 Å². The van der Waals surface area contributed by atoms with Crippen molar-refractivity contribution in [1.29, 1.82) is 0 Å². The summed E-state index contributed by atoms with van der Waals surface area (Å²) in [5, 5.41) is 6.09. The van der Waals surface area contributed by atoms with E-state index in [1.165, 1.54) is 0 Å². The highest BCUT2D eigenvalue weighted by molar-refractivity contribution is 5.35. The van der Waals surface area contributed by atoms with Crippen molar-refractivity contribution in [2.45, 2.75) is 52.7 Å². The number of aromatic nitrogens is 3. The Morgan fingerprint density at radius 2 is 1.67 bits per heavy atom. The molecule has 0 aliphatic carbocycles. The quantitative estimate of drug-likeness (QED) is 0.641. The molecule has 0 saturated heterocycles. The lowest BCUT2D eigenvalue weighted by molar-refractivity contribution is 0.0765. The summed E-state index contributed by atoms with van der Waals surface area (Å²) in [6.07, 6.45) is 2.31. The number of ether oxygens (including phenoxy) is 2. The lowest BCUT2D eigenvalue weighted by atomic mass is 10.3. The normalized spacial score (nSPS) is 11.0. The highest BCUT2D eigenvalue weighted by Crippen LogP contribution is 2.12. The Hall–Kier alpha value is -1.63. The van der Waals surface area contributed by atoms with Gasteiger partial charge in [0.25, 0.3) is 0 Å². The third kappa shape index (κ3) is 7.65. The van der Waals surface area contributed by atoms with Gasteiger partial charge in [-0.25, -0.2) is 0 Å². The van der Waals surface area contributed by atoms with Gasteiger partial charge in [-0.05, 0) is 40.5 Å². The first kappa shape index (κ1) is 17.4. The average molecular weight is 297 g/mol. The maximum atomic E-state index is 5.51. The molecule has 1 aromatic heterocycles. The number of nitrogens with one attached hydrogen (secondary N) is 2. The van der Waals surface area contributed by atoms with Crippen molar-refractivity contribution in [3.8, 4) is 6.01 Å². The molecule has 0 saturated carbocycles. The molecule has 0 radical (unpaired) electrons. The molecule has 1 aromatic rings. The summed E-state index contributed by atoms with van der Waals surface area (Å²) in [7, 11) is 1.77. The Bertz CT molecular complexity index is 412. The Morgan fingerprint density at radius 1 is 0.952 bits per heavy atom. The van der Waals surface area contributed by atoms with Gasteiger partial charge in [0.15, 0.2) is 0 Å². The van der Waals surface area contributed by atoms with Gasteiger partial charge in [-0.2, -0.15) is 15.0 Å². The number of hydrogen-bond acceptors (Lipinski definition) is 7. The molecular weight excluding hydrogens is 270 g/mol. The molecule has 0 unspecified atom stereocenters. The van der Waals surface area contributed by atoms with Gasteiger partial charge in [-0.15, -0.1) is 0 Å². The minimum Gasteiger partial charge on any atom is -0.461 e. The van der Waals surface area contributed by atoms with Crippen LogP contribution < -0.4 is 15.4 Å². The molecule has 0 aromatic carbocycles. The van der Waals surface area contributed by atoms with E-state index in [-0.39, 0.29) is 12.2 Å². The number of anilines is 2. The van der Waals surface area contributed by atoms with Crippen LogP contribution >= 0.6 is 0 Å². The second kappa shape index (κ2) is 9.33. The highest BCUT2D eigenvalue weighted by Gasteiger charge is 2.07. The summed E-state index contributed by atoms with van der Waals surface area (Å²) in [4.78, 5) is 12.6. The summed E-state index contributed by atoms with van der Waals surface area (Å²) in [5.74, 6) is 1.01. The van der Waals surface area contributed by atoms with Crippen LogP contribution in [0.5, 0.6) is 6.01 Å². The van der Waals surface area contributed by atoms with E-state index in [1.54, 1.807) is 7.05 Å². The van der Waals surface area contributed by atoms with Gasteiger partial charge in [0.2, 0.25) is 11.9 Å². The average Bonchev–Trinajstić information content (AvgIpc) is 2.41. The van der Waals surface area contributed by atoms with E-state index in [2.05, 4.69) is 25.6 Å². The third-order valence-electron chi connectivity index (χ3n) is 2.49. The molecule has 2 N–H and O–H groups in total. The van der Waals surface area contributed by atoms with Gasteiger partial charge in [-0.1, -0.05) is 0 Å². The monoisotopic (exact) mass is 297 g/mol. The highest BCUT2D eigenvalue weighted by atomic mass is 16.5. The first-order chi connectivity index (χ1) is 10.0. The Balaban J connectivity index is 2.42. The molecule has 0 aliphatic rings. The van der Waals surface area contributed by atoms with Crippen molar-refractivity contribution in [2.24, 2.45) is 0 Å². The SMILES string of the molecule is CNc1nc(NCCCCOC(C)C)nc(OC(C)C)n1. The van der Waals surface area contributed by atoms with Crippen LogP contribution in [0, 0.1) is 0 Å². The molecule has 1 heterocycles. The molecule has 7 heteroatoms. The van der Waals surface area contributed by atoms with Crippen molar-refractivity contribution in [3.05, 3.63) is 0 Å². The second-order valence-corrected chi connectivity index (χ2v) is 5.24. The van der Waals surface area contributed by atoms with E-state index in [0.29, 0.717) is 17.9 Å². The van der Waals surface area contributed by atoms with Gasteiger partial charge in [-0.3, -0.25) is 0 Å². The summed E-state index contributed by atoms with van der Waals surface area (Å²) < 4.78 is 11.0. The molecule has 0 amide bonds. The van der Waals surface area contributed by atoms with Crippen LogP contribution in [0.4, 0.5) is 11.9 Å². The molecule has 0 atom stereocenters. The largest absolute Gasteiger partial charge is 0.461 e. The van der Waals surface area contributed by atoms with Crippen LogP contribution in [0.15, 0.2) is 0 Å². The smallest absolute Gasteiger partial charge is 0.323 e. The van der Waals surface area contributed by atoms with Crippen molar-refractivity contribution >= 4 is 11.9 Å². The van der Waals surface area contributed by atoms with Crippen LogP contribution in [0.1, 0.15) is 40.5 Å². The molecule has 7 nitrogen and oxygen atoms in total. The summed E-state index contributed by atoms with van der Waals surface area (Å²) in [6, 6.07) is 0.329. The topological polar surface area (TPSA) is 81.2 Å². The molecule has 1 rings (SSSR count). The molecule has 0 spiro atoms. The van der Waals surface area contributed by atoms with Crippen LogP contribution in [-0.4, -0.2) is 47.4 Å². The first-order valence-electron chi connectivity index (χ1n) is 7.47. The Kier molecular flexibility index (Phi) is 7.74. The van der Waals surface area contributed by atoms with E-state index in [9.17, 15) is 0 Å². The third-order valence-corrected chi connectivity index (χ3v) is 2.49. The van der Waals surface area contributed by atoms with Gasteiger partial charge in [0.1, 0.15) is 0 Å². The fourth-order valence-corrected chi connectivity index (χ4v) is 1.56. The standard InChI is InChI=1S/C14H27N5O2/c1-10(2)20-9-7-6-8-16-13-17-12(15-5)18-14(19-13)21-11(3)4/h10-11H,6-9H2,1-5H3,(H2,15,16,17,18,19). The number of nitrogens with zero attached hydrogens (tertiary/aromatic N) is 3. The van der Waals surface area contributed by atoms with E-state index in [1.807, 2.05) is 27.7 Å². The zero-order valence-corrected chi connectivity index (χ0v) is 13.6. The predicted octanol–water partition coefficient (Wildman–Crippen LogP) is 2.32. The lowest BCUT2D eigenvalue weighted by Crippen LogP contribution is -2.13. The van der Waals surface area contributed by atoms with E-state index >= 15 is 0 Å². The zero-order valence-electron chi connectivity index (χ0n) is 13.6. The molecular formula is C14H27N5O2. The summed E-state index contributed by atoms with van der Waals surface area (Å²) in [6.45, 7) is 9.52. The molecule has 0 fully saturated rings. The maximum absolute atomic E-state index is 5.51. The van der Waals surface area contributed by atoms with Crippen molar-refractivity contribution in [1.82, 2.24) is 15.0 Å². The number of rotatable bonds is 10. The first-order valence-corrected chi connectivity index (χ1v) is 7.47. The minimum atomic E-state index is 0.0261. The molecule has 0 bridgehead atoms. The van der Waals surface area contributed by atoms with Gasteiger partial charge >= 0.3 is 6.01 Å². The fourth-order valence-electron chi connectivity index (χ4n) is 1.56. The Morgan fingerprint density at radius 3 is 2.29 bits per heavy atom. The predicted molar refractivity (Wildman–Crippen MR) is 83.9 cm³/mol. The van der Waals surface area contributed by atoms with Crippen LogP contribution in [0.2, 0.25) is 0 Å². The van der Waals surface area contributed by atoms with Gasteiger partial charge in [0.05, 0.1) is 12.2 Å². The van der Waals surface area contributed by atoms with Crippen molar-refractivity contribution in [3.63, 3.8) is 0 Å². The Labute approximate surface area is 126 Å². The number of unbranched alkanes of at least 4 members (excludes halogenated alkanes) is 1. The maximum Gasteiger partial charge on any atom is 0.323 e. The number of hydrogen-bond donors (Lipinski definition) is 2. The van der Waals surface area contributed by atoms with Crippen molar-refractivity contribution < 1.29 is 9.47 Å². The van der Waals surface area contributed by atoms with E-state index in [4.69, 9.17) is 9.47 Å². The molecule has 0 aliphatic heterocycles. The van der Waals surface area contributed by atoms with Crippen LogP contribution in [0.3, 0.4) is 0 Å². The van der Waals surface area contributed by atoms with Crippen molar-refractivity contribution in [2.75, 3.05) is 30.8 Å². The second-order valence-electron chi connectivity index (χ2n) is 5.24. The van der Waals surface area contributed by atoms with Crippen LogP contribution in [-0.2, 0) is 4.74 Å². The van der Waals surface area contributed by atoms with Crippen LogP contribution in [0.25, 0.3) is 0 Å². The summed E-state index contributed by atoms with van der Waals surface area (Å²) in [5.41, 5.74) is 0. The lowest BCUT2D eigenvalue weighted by Gasteiger charge is -2.11. The van der Waals surface area contributed by atoms with E-state index in [0.717, 1.165) is 26.0 Å². The minimum absolute atomic E-state index is 0.0261. The van der Waals surface area contributed by atoms with Gasteiger partial charge < -0.3 is 20.1 Å². The zero-order chi connectivity index (χ0) is 15.7. The summed E-state index contributed by atoms with van der Waals surface area (Å²) >= 11 is 0. The van der Waals surface area contributed by atoms with Gasteiger partial charge in [0, 0.05) is 20.2 Å². The molecule has 120 valence electrons. The molecule has 21 heavy (non-hydrogen) atoms. The fraction of sp³-hybridized carbons (Fsp3) is 0.786.